The Balaban J connectivity index is 1.48. The van der Waals surface area contributed by atoms with E-state index in [0.29, 0.717) is 40.3 Å². The number of rotatable bonds is 12. The summed E-state index contributed by atoms with van der Waals surface area (Å²) in [6, 6.07) is 24.6. The normalized spacial score (nSPS) is 11.3. The summed E-state index contributed by atoms with van der Waals surface area (Å²) in [4.78, 5) is 12.9. The smallest absolute Gasteiger partial charge is 0.264 e. The van der Waals surface area contributed by atoms with Crippen LogP contribution in [0, 0.1) is 0 Å². The molecule has 1 amide bonds. The number of carbonyl (C=O) groups is 1. The summed E-state index contributed by atoms with van der Waals surface area (Å²) >= 11 is 18.3. The van der Waals surface area contributed by atoms with Crippen LogP contribution in [0.4, 0.5) is 5.69 Å². The van der Waals surface area contributed by atoms with Gasteiger partial charge in [0, 0.05) is 10.0 Å². The maximum Gasteiger partial charge on any atom is 0.264 e. The SMILES string of the molecule is CCOc1cc(/C=N\NC(=O)CN(c2ccc(Cl)cc2Cl)S(=O)(=O)c2ccccc2)ccc1OCc1ccc(Cl)cc1. The molecule has 0 aliphatic rings. The van der Waals surface area contributed by atoms with Crippen molar-refractivity contribution in [1.29, 1.82) is 0 Å². The van der Waals surface area contributed by atoms with Gasteiger partial charge in [-0.15, -0.1) is 0 Å². The second kappa shape index (κ2) is 14.4. The van der Waals surface area contributed by atoms with Gasteiger partial charge < -0.3 is 9.47 Å². The third kappa shape index (κ3) is 8.17. The van der Waals surface area contributed by atoms with Gasteiger partial charge in [-0.2, -0.15) is 5.10 Å². The van der Waals surface area contributed by atoms with Gasteiger partial charge in [0.1, 0.15) is 13.2 Å². The van der Waals surface area contributed by atoms with E-state index in [1.165, 1.54) is 36.5 Å². The fraction of sp³-hybridized carbons (Fsp3) is 0.133. The average molecular weight is 647 g/mol. The summed E-state index contributed by atoms with van der Waals surface area (Å²) in [5.41, 5.74) is 4.03. The number of amides is 1. The highest BCUT2D eigenvalue weighted by atomic mass is 35.5. The van der Waals surface area contributed by atoms with Crippen LogP contribution >= 0.6 is 34.8 Å². The number of halogens is 3. The van der Waals surface area contributed by atoms with Gasteiger partial charge in [-0.1, -0.05) is 65.1 Å². The number of benzene rings is 4. The summed E-state index contributed by atoms with van der Waals surface area (Å²) in [5, 5.41) is 5.04. The Bertz CT molecular complexity index is 1670. The molecule has 0 atom stereocenters. The molecular weight excluding hydrogens is 621 g/mol. The van der Waals surface area contributed by atoms with Crippen LogP contribution in [0.2, 0.25) is 15.1 Å². The van der Waals surface area contributed by atoms with E-state index >= 15 is 0 Å². The topological polar surface area (TPSA) is 97.3 Å². The minimum Gasteiger partial charge on any atom is -0.490 e. The van der Waals surface area contributed by atoms with Crippen molar-refractivity contribution >= 4 is 62.6 Å². The molecule has 0 fully saturated rings. The number of nitrogens with one attached hydrogen (secondary N) is 1. The maximum absolute atomic E-state index is 13.5. The fourth-order valence-electron chi connectivity index (χ4n) is 3.78. The van der Waals surface area contributed by atoms with E-state index in [0.717, 1.165) is 9.87 Å². The molecule has 0 heterocycles. The molecule has 218 valence electrons. The molecule has 12 heteroatoms. The number of hydrogen-bond acceptors (Lipinski definition) is 6. The van der Waals surface area contributed by atoms with Crippen LogP contribution in [0.5, 0.6) is 11.5 Å². The number of nitrogens with zero attached hydrogens (tertiary/aromatic N) is 2. The van der Waals surface area contributed by atoms with Crippen molar-refractivity contribution in [2.75, 3.05) is 17.5 Å². The average Bonchev–Trinajstić information content (AvgIpc) is 2.97. The van der Waals surface area contributed by atoms with Gasteiger partial charge in [-0.05, 0) is 78.7 Å². The van der Waals surface area contributed by atoms with Crippen LogP contribution in [-0.4, -0.2) is 33.7 Å². The highest BCUT2D eigenvalue weighted by Gasteiger charge is 2.28. The Kier molecular flexibility index (Phi) is 10.7. The van der Waals surface area contributed by atoms with Gasteiger partial charge >= 0.3 is 0 Å². The van der Waals surface area contributed by atoms with Crippen LogP contribution in [0.1, 0.15) is 18.1 Å². The van der Waals surface area contributed by atoms with Gasteiger partial charge in [0.05, 0.1) is 28.4 Å². The minimum absolute atomic E-state index is 0.00542. The third-order valence-corrected chi connectivity index (χ3v) is 8.34. The van der Waals surface area contributed by atoms with Gasteiger partial charge in [-0.25, -0.2) is 13.8 Å². The van der Waals surface area contributed by atoms with Crippen LogP contribution < -0.4 is 19.2 Å². The highest BCUT2D eigenvalue weighted by molar-refractivity contribution is 7.92. The Morgan fingerprint density at radius 3 is 2.29 bits per heavy atom. The highest BCUT2D eigenvalue weighted by Crippen LogP contribution is 2.33. The Labute approximate surface area is 259 Å². The van der Waals surface area contributed by atoms with Crippen LogP contribution in [0.25, 0.3) is 0 Å². The first-order valence-electron chi connectivity index (χ1n) is 12.7. The summed E-state index contributed by atoms with van der Waals surface area (Å²) in [6.45, 7) is 2.00. The number of ether oxygens (including phenoxy) is 2. The molecule has 0 saturated carbocycles. The number of anilines is 1. The zero-order valence-corrected chi connectivity index (χ0v) is 25.4. The summed E-state index contributed by atoms with van der Waals surface area (Å²) in [7, 11) is -4.15. The number of hydrogen-bond donors (Lipinski definition) is 1. The largest absolute Gasteiger partial charge is 0.490 e. The lowest BCUT2D eigenvalue weighted by Gasteiger charge is -2.24. The molecule has 0 spiro atoms. The third-order valence-electron chi connectivity index (χ3n) is 5.77. The first-order chi connectivity index (χ1) is 20.2. The first-order valence-corrected chi connectivity index (χ1v) is 15.2. The molecule has 0 saturated heterocycles. The fourth-order valence-corrected chi connectivity index (χ4v) is 5.93. The van der Waals surface area contributed by atoms with Gasteiger partial charge in [0.25, 0.3) is 15.9 Å². The van der Waals surface area contributed by atoms with E-state index in [9.17, 15) is 13.2 Å². The molecule has 0 aromatic heterocycles. The molecule has 0 aliphatic heterocycles. The second-order valence-corrected chi connectivity index (χ2v) is 11.9. The summed E-state index contributed by atoms with van der Waals surface area (Å²) in [5.74, 6) is 0.346. The van der Waals surface area contributed by atoms with Crippen molar-refractivity contribution < 1.29 is 22.7 Å². The van der Waals surface area contributed by atoms with Crippen molar-refractivity contribution in [3.05, 3.63) is 117 Å². The van der Waals surface area contributed by atoms with Crippen molar-refractivity contribution in [3.8, 4) is 11.5 Å². The van der Waals surface area contributed by atoms with Gasteiger partial charge in [-0.3, -0.25) is 9.10 Å². The summed E-state index contributed by atoms with van der Waals surface area (Å²) < 4.78 is 39.5. The van der Waals surface area contributed by atoms with E-state index in [4.69, 9.17) is 44.3 Å². The molecule has 8 nitrogen and oxygen atoms in total. The molecule has 0 radical (unpaired) electrons. The quantitative estimate of drug-likeness (QED) is 0.132. The number of sulfonamides is 1. The molecule has 0 aliphatic carbocycles. The van der Waals surface area contributed by atoms with Crippen molar-refractivity contribution in [1.82, 2.24) is 5.43 Å². The monoisotopic (exact) mass is 645 g/mol. The Morgan fingerprint density at radius 1 is 0.881 bits per heavy atom. The van der Waals surface area contributed by atoms with E-state index in [1.807, 2.05) is 19.1 Å². The predicted octanol–water partition coefficient (Wildman–Crippen LogP) is 6.97. The lowest BCUT2D eigenvalue weighted by Crippen LogP contribution is -2.39. The minimum atomic E-state index is -4.15. The van der Waals surface area contributed by atoms with Crippen LogP contribution in [-0.2, 0) is 21.4 Å². The molecule has 1 N–H and O–H groups in total. The van der Waals surface area contributed by atoms with Crippen molar-refractivity contribution in [2.45, 2.75) is 18.4 Å². The lowest BCUT2D eigenvalue weighted by atomic mass is 10.2. The predicted molar refractivity (Wildman–Crippen MR) is 167 cm³/mol. The molecule has 4 aromatic rings. The van der Waals surface area contributed by atoms with E-state index in [1.54, 1.807) is 48.5 Å². The standard InChI is InChI=1S/C30H26Cl3N3O5S/c1-2-40-29-16-22(10-15-28(29)41-20-21-8-11-23(31)12-9-21)18-34-35-30(37)19-36(27-14-13-24(32)17-26(27)33)42(38,39)25-6-4-3-5-7-25/h3-18H,2,19-20H2,1H3,(H,35,37)/b34-18-. The molecule has 0 bridgehead atoms. The number of hydrazone groups is 1. The van der Waals surface area contributed by atoms with Gasteiger partial charge in [0.15, 0.2) is 11.5 Å². The zero-order valence-electron chi connectivity index (χ0n) is 22.3. The van der Waals surface area contributed by atoms with Crippen LogP contribution in [0.15, 0.2) is 101 Å². The van der Waals surface area contributed by atoms with E-state index in [-0.39, 0.29) is 15.6 Å². The van der Waals surface area contributed by atoms with Crippen LogP contribution in [0.3, 0.4) is 0 Å². The molecule has 4 rings (SSSR count). The van der Waals surface area contributed by atoms with E-state index < -0.39 is 22.5 Å². The molecular formula is C30H26Cl3N3O5S. The zero-order chi connectivity index (χ0) is 30.1. The summed E-state index contributed by atoms with van der Waals surface area (Å²) in [6.07, 6.45) is 1.41. The molecule has 42 heavy (non-hydrogen) atoms. The molecule has 4 aromatic carbocycles. The number of carbonyl (C=O) groups excluding carboxylic acids is 1. The Hall–Kier alpha value is -3.76. The first kappa shape index (κ1) is 31.2. The van der Waals surface area contributed by atoms with Gasteiger partial charge in [0.2, 0.25) is 0 Å². The van der Waals surface area contributed by atoms with Crippen molar-refractivity contribution in [3.63, 3.8) is 0 Å². The molecule has 0 unspecified atom stereocenters. The van der Waals surface area contributed by atoms with Crippen molar-refractivity contribution in [2.24, 2.45) is 5.10 Å². The Morgan fingerprint density at radius 2 is 1.60 bits per heavy atom. The van der Waals surface area contributed by atoms with E-state index in [2.05, 4.69) is 10.5 Å². The second-order valence-electron chi connectivity index (χ2n) is 8.77. The lowest BCUT2D eigenvalue weighted by molar-refractivity contribution is -0.119. The maximum atomic E-state index is 13.5.